The molecule has 8 heteroatoms. The van der Waals surface area contributed by atoms with Crippen molar-refractivity contribution in [3.05, 3.63) is 69.0 Å². The van der Waals surface area contributed by atoms with Crippen LogP contribution in [0.3, 0.4) is 0 Å². The molecule has 2 amide bonds. The number of carbonyl (C=O) groups excluding carboxylic acids is 2. The van der Waals surface area contributed by atoms with E-state index in [9.17, 15) is 9.59 Å². The number of amides is 2. The van der Waals surface area contributed by atoms with Gasteiger partial charge < -0.3 is 14.2 Å². The zero-order chi connectivity index (χ0) is 21.3. The first-order valence-electron chi connectivity index (χ1n) is 9.69. The molecule has 3 heterocycles. The summed E-state index contributed by atoms with van der Waals surface area (Å²) in [5, 5.41) is 8.77. The molecule has 1 aromatic carbocycles. The van der Waals surface area contributed by atoms with E-state index in [1.165, 1.54) is 11.3 Å². The Hall–Kier alpha value is -2.97. The van der Waals surface area contributed by atoms with E-state index in [0.717, 1.165) is 16.1 Å². The summed E-state index contributed by atoms with van der Waals surface area (Å²) >= 11 is 1.53. The average molecular weight is 426 g/mol. The monoisotopic (exact) mass is 425 g/mol. The normalized spacial score (nSPS) is 18.4. The number of aryl methyl sites for hydroxylation is 1. The predicted octanol–water partition coefficient (Wildman–Crippen LogP) is 3.92. The van der Waals surface area contributed by atoms with Gasteiger partial charge in [0.25, 0.3) is 5.91 Å². The number of rotatable bonds is 6. The summed E-state index contributed by atoms with van der Waals surface area (Å²) in [5.74, 6) is -0.605. The lowest BCUT2D eigenvalue weighted by atomic mass is 9.81. The van der Waals surface area contributed by atoms with Gasteiger partial charge >= 0.3 is 0 Å². The van der Waals surface area contributed by atoms with Crippen LogP contribution < -0.4 is 5.32 Å². The van der Waals surface area contributed by atoms with Gasteiger partial charge in [-0.3, -0.25) is 14.9 Å². The van der Waals surface area contributed by atoms with Crippen molar-refractivity contribution in [3.63, 3.8) is 0 Å². The van der Waals surface area contributed by atoms with E-state index in [2.05, 4.69) is 10.5 Å². The molecule has 0 saturated carbocycles. The third-order valence-electron chi connectivity index (χ3n) is 5.49. The van der Waals surface area contributed by atoms with Crippen molar-refractivity contribution in [1.82, 2.24) is 10.1 Å². The van der Waals surface area contributed by atoms with Crippen molar-refractivity contribution in [2.45, 2.75) is 25.8 Å². The maximum absolute atomic E-state index is 13.6. The molecule has 2 unspecified atom stereocenters. The van der Waals surface area contributed by atoms with Crippen LogP contribution in [-0.2, 0) is 9.53 Å². The standard InChI is InChI=1S/C22H23N3O4S/c1-13-14(2)24-29-21(13)23-20(26)18-15-7-4-5-8-16(15)22(27)25(10-11-28-3)19(18)17-9-6-12-30-17/h4-9,12,18-19H,10-11H2,1-3H3,(H,23,26). The summed E-state index contributed by atoms with van der Waals surface area (Å²) in [6.45, 7) is 4.44. The molecule has 2 aromatic heterocycles. The summed E-state index contributed by atoms with van der Waals surface area (Å²) in [5.41, 5.74) is 2.75. The van der Waals surface area contributed by atoms with Crippen molar-refractivity contribution >= 4 is 29.0 Å². The number of methoxy groups -OCH3 is 1. The second kappa shape index (κ2) is 8.41. The molecule has 4 rings (SSSR count). The van der Waals surface area contributed by atoms with Gasteiger partial charge in [0.2, 0.25) is 11.8 Å². The molecule has 3 aromatic rings. The van der Waals surface area contributed by atoms with Crippen LogP contribution in [0.4, 0.5) is 5.88 Å². The van der Waals surface area contributed by atoms with E-state index in [4.69, 9.17) is 9.26 Å². The summed E-state index contributed by atoms with van der Waals surface area (Å²) in [4.78, 5) is 29.6. The van der Waals surface area contributed by atoms with E-state index in [0.29, 0.717) is 30.2 Å². The summed E-state index contributed by atoms with van der Waals surface area (Å²) in [7, 11) is 1.60. The molecule has 156 valence electrons. The average Bonchev–Trinajstić information content (AvgIpc) is 3.39. The van der Waals surface area contributed by atoms with Crippen molar-refractivity contribution in [2.75, 3.05) is 25.6 Å². The number of nitrogens with zero attached hydrogens (tertiary/aromatic N) is 2. The molecule has 30 heavy (non-hydrogen) atoms. The number of aromatic nitrogens is 1. The van der Waals surface area contributed by atoms with Crippen LogP contribution in [0.15, 0.2) is 46.3 Å². The SMILES string of the molecule is COCCN1C(=O)c2ccccc2C(C(=O)Nc2onc(C)c2C)C1c1cccs1. The second-order valence-electron chi connectivity index (χ2n) is 7.23. The number of anilines is 1. The zero-order valence-electron chi connectivity index (χ0n) is 17.0. The first-order chi connectivity index (χ1) is 14.5. The molecular weight excluding hydrogens is 402 g/mol. The molecule has 1 aliphatic rings. The minimum Gasteiger partial charge on any atom is -0.383 e. The van der Waals surface area contributed by atoms with Gasteiger partial charge in [0, 0.05) is 29.7 Å². The zero-order valence-corrected chi connectivity index (χ0v) is 17.9. The fourth-order valence-electron chi connectivity index (χ4n) is 3.81. The molecule has 0 aliphatic carbocycles. The molecule has 7 nitrogen and oxygen atoms in total. The molecule has 1 aliphatic heterocycles. The number of carbonyl (C=O) groups is 2. The minimum absolute atomic E-state index is 0.100. The largest absolute Gasteiger partial charge is 0.383 e. The summed E-state index contributed by atoms with van der Waals surface area (Å²) < 4.78 is 10.5. The van der Waals surface area contributed by atoms with Crippen LogP contribution in [0.25, 0.3) is 0 Å². The highest BCUT2D eigenvalue weighted by Gasteiger charge is 2.44. The number of hydrogen-bond acceptors (Lipinski definition) is 6. The van der Waals surface area contributed by atoms with Crippen LogP contribution in [0.2, 0.25) is 0 Å². The Morgan fingerprint density at radius 3 is 2.73 bits per heavy atom. The number of fused-ring (bicyclic) bond motifs is 1. The Morgan fingerprint density at radius 1 is 1.27 bits per heavy atom. The topological polar surface area (TPSA) is 84.7 Å². The highest BCUT2D eigenvalue weighted by Crippen LogP contribution is 2.44. The Kier molecular flexibility index (Phi) is 5.69. The smallest absolute Gasteiger partial charge is 0.254 e. The third-order valence-corrected chi connectivity index (χ3v) is 6.43. The quantitative estimate of drug-likeness (QED) is 0.647. The minimum atomic E-state index is -0.598. The van der Waals surface area contributed by atoms with Crippen molar-refractivity contribution in [2.24, 2.45) is 0 Å². The summed E-state index contributed by atoms with van der Waals surface area (Å²) in [6, 6.07) is 10.7. The number of ether oxygens (including phenoxy) is 1. The highest BCUT2D eigenvalue weighted by molar-refractivity contribution is 7.10. The number of benzene rings is 1. The number of hydrogen-bond donors (Lipinski definition) is 1. The first kappa shape index (κ1) is 20.3. The van der Waals surface area contributed by atoms with Crippen molar-refractivity contribution in [1.29, 1.82) is 0 Å². The van der Waals surface area contributed by atoms with Gasteiger partial charge in [0.15, 0.2) is 0 Å². The lowest BCUT2D eigenvalue weighted by Crippen LogP contribution is -2.47. The summed E-state index contributed by atoms with van der Waals surface area (Å²) in [6.07, 6.45) is 0. The molecule has 0 radical (unpaired) electrons. The molecule has 0 fully saturated rings. The van der Waals surface area contributed by atoms with Crippen molar-refractivity contribution in [3.8, 4) is 0 Å². The predicted molar refractivity (Wildman–Crippen MR) is 114 cm³/mol. The maximum Gasteiger partial charge on any atom is 0.254 e. The van der Waals surface area contributed by atoms with Crippen molar-refractivity contribution < 1.29 is 18.8 Å². The number of thiophene rings is 1. The Labute approximate surface area is 178 Å². The Bertz CT molecular complexity index is 1060. The van der Waals surface area contributed by atoms with Gasteiger partial charge in [-0.05, 0) is 36.9 Å². The van der Waals surface area contributed by atoms with E-state index < -0.39 is 12.0 Å². The van der Waals surface area contributed by atoms with Crippen LogP contribution in [0.1, 0.15) is 44.0 Å². The van der Waals surface area contributed by atoms with Crippen LogP contribution in [0.5, 0.6) is 0 Å². The molecule has 1 N–H and O–H groups in total. The van der Waals surface area contributed by atoms with Gasteiger partial charge in [-0.2, -0.15) is 0 Å². The lowest BCUT2D eigenvalue weighted by Gasteiger charge is -2.41. The van der Waals surface area contributed by atoms with Gasteiger partial charge in [0.1, 0.15) is 0 Å². The van der Waals surface area contributed by atoms with Crippen LogP contribution in [-0.4, -0.2) is 42.1 Å². The second-order valence-corrected chi connectivity index (χ2v) is 8.21. The highest BCUT2D eigenvalue weighted by atomic mass is 32.1. The van der Waals surface area contributed by atoms with E-state index >= 15 is 0 Å². The van der Waals surface area contributed by atoms with Crippen LogP contribution >= 0.6 is 11.3 Å². The van der Waals surface area contributed by atoms with E-state index in [1.54, 1.807) is 18.1 Å². The first-order valence-corrected chi connectivity index (χ1v) is 10.6. The lowest BCUT2D eigenvalue weighted by molar-refractivity contribution is -0.119. The fourth-order valence-corrected chi connectivity index (χ4v) is 4.68. The Balaban J connectivity index is 1.81. The molecule has 2 atom stereocenters. The van der Waals surface area contributed by atoms with Gasteiger partial charge in [-0.15, -0.1) is 11.3 Å². The van der Waals surface area contributed by atoms with Crippen LogP contribution in [0, 0.1) is 13.8 Å². The van der Waals surface area contributed by atoms with Gasteiger partial charge in [0.05, 0.1) is 24.3 Å². The van der Waals surface area contributed by atoms with Gasteiger partial charge in [-0.25, -0.2) is 0 Å². The molecular formula is C22H23N3O4S. The third kappa shape index (κ3) is 3.53. The van der Waals surface area contributed by atoms with E-state index in [1.807, 2.05) is 49.6 Å². The fraction of sp³-hybridized carbons (Fsp3) is 0.318. The molecule has 0 spiro atoms. The Morgan fingerprint density at radius 2 is 2.07 bits per heavy atom. The molecule has 0 bridgehead atoms. The maximum atomic E-state index is 13.6. The number of nitrogens with one attached hydrogen (secondary N) is 1. The van der Waals surface area contributed by atoms with E-state index in [-0.39, 0.29) is 11.8 Å². The van der Waals surface area contributed by atoms with Gasteiger partial charge in [-0.1, -0.05) is 29.4 Å². The molecule has 0 saturated heterocycles.